The number of nitriles is 1. The number of rotatable bonds is 4. The van der Waals surface area contributed by atoms with Crippen LogP contribution >= 0.6 is 0 Å². The fraction of sp³-hybridized carbons (Fsp3) is 0.471. The van der Waals surface area contributed by atoms with E-state index in [1.54, 1.807) is 24.3 Å². The first-order valence-electron chi connectivity index (χ1n) is 7.76. The minimum atomic E-state index is -0.303. The molecule has 1 aliphatic rings. The molecule has 5 nitrogen and oxygen atoms in total. The molecular weight excluding hydrogens is 278 g/mol. The summed E-state index contributed by atoms with van der Waals surface area (Å²) >= 11 is 0. The van der Waals surface area contributed by atoms with Crippen molar-refractivity contribution >= 4 is 11.6 Å². The van der Waals surface area contributed by atoms with Gasteiger partial charge in [0.05, 0.1) is 5.56 Å². The zero-order valence-corrected chi connectivity index (χ0v) is 12.7. The van der Waals surface area contributed by atoms with Crippen molar-refractivity contribution in [1.82, 2.24) is 5.43 Å². The van der Waals surface area contributed by atoms with Gasteiger partial charge in [-0.05, 0) is 37.8 Å². The number of nitrogens with zero attached hydrogens (tertiary/aromatic N) is 2. The van der Waals surface area contributed by atoms with Crippen LogP contribution in [0.25, 0.3) is 0 Å². The molecule has 1 saturated carbocycles. The number of para-hydroxylation sites is 1. The van der Waals surface area contributed by atoms with Crippen molar-refractivity contribution < 1.29 is 9.53 Å². The minimum absolute atomic E-state index is 0.143. The van der Waals surface area contributed by atoms with Gasteiger partial charge in [-0.15, -0.1) is 0 Å². The Morgan fingerprint density at radius 2 is 1.86 bits per heavy atom. The van der Waals surface area contributed by atoms with Crippen LogP contribution < -0.4 is 10.2 Å². The monoisotopic (exact) mass is 299 g/mol. The first-order chi connectivity index (χ1) is 10.8. The molecule has 1 aromatic carbocycles. The molecule has 5 heteroatoms. The summed E-state index contributed by atoms with van der Waals surface area (Å²) < 4.78 is 5.37. The molecule has 0 unspecified atom stereocenters. The van der Waals surface area contributed by atoms with E-state index in [9.17, 15) is 4.79 Å². The van der Waals surface area contributed by atoms with Crippen molar-refractivity contribution in [1.29, 1.82) is 5.26 Å². The lowest BCUT2D eigenvalue weighted by molar-refractivity contribution is -0.123. The van der Waals surface area contributed by atoms with E-state index >= 15 is 0 Å². The average molecular weight is 299 g/mol. The van der Waals surface area contributed by atoms with Crippen LogP contribution in [0.3, 0.4) is 0 Å². The molecule has 0 saturated heterocycles. The predicted molar refractivity (Wildman–Crippen MR) is 84.5 cm³/mol. The summed E-state index contributed by atoms with van der Waals surface area (Å²) in [4.78, 5) is 11.8. The Hall–Kier alpha value is -2.35. The summed E-state index contributed by atoms with van der Waals surface area (Å²) in [7, 11) is 0. The Morgan fingerprint density at radius 1 is 1.18 bits per heavy atom. The van der Waals surface area contributed by atoms with Crippen LogP contribution in [0.4, 0.5) is 0 Å². The highest BCUT2D eigenvalue weighted by Crippen LogP contribution is 2.16. The van der Waals surface area contributed by atoms with Gasteiger partial charge in [-0.3, -0.25) is 4.79 Å². The number of benzene rings is 1. The van der Waals surface area contributed by atoms with E-state index in [0.29, 0.717) is 11.3 Å². The van der Waals surface area contributed by atoms with Crippen LogP contribution in [-0.2, 0) is 4.79 Å². The van der Waals surface area contributed by atoms with Crippen molar-refractivity contribution in [2.75, 3.05) is 6.61 Å². The highest BCUT2D eigenvalue weighted by atomic mass is 16.5. The fourth-order valence-corrected chi connectivity index (χ4v) is 2.43. The van der Waals surface area contributed by atoms with Gasteiger partial charge < -0.3 is 4.74 Å². The first kappa shape index (κ1) is 16.0. The van der Waals surface area contributed by atoms with Crippen molar-refractivity contribution in [3.8, 4) is 11.8 Å². The second-order valence-corrected chi connectivity index (χ2v) is 5.38. The predicted octanol–water partition coefficient (Wildman–Crippen LogP) is 3.15. The Kier molecular flexibility index (Phi) is 6.43. The maximum absolute atomic E-state index is 11.8. The van der Waals surface area contributed by atoms with Gasteiger partial charge >= 0.3 is 0 Å². The van der Waals surface area contributed by atoms with Gasteiger partial charge in [-0.25, -0.2) is 5.43 Å². The number of amides is 1. The Bertz CT molecular complexity index is 566. The lowest BCUT2D eigenvalue weighted by atomic mass is 9.99. The number of hydrogen-bond donors (Lipinski definition) is 1. The number of nitrogens with one attached hydrogen (secondary N) is 1. The topological polar surface area (TPSA) is 74.5 Å². The third kappa shape index (κ3) is 5.21. The zero-order valence-electron chi connectivity index (χ0n) is 12.7. The van der Waals surface area contributed by atoms with Crippen LogP contribution in [0.15, 0.2) is 29.4 Å². The van der Waals surface area contributed by atoms with Gasteiger partial charge in [0.2, 0.25) is 0 Å². The van der Waals surface area contributed by atoms with Crippen molar-refractivity contribution in [2.24, 2.45) is 5.10 Å². The first-order valence-corrected chi connectivity index (χ1v) is 7.76. The lowest BCUT2D eigenvalue weighted by Crippen LogP contribution is -2.26. The third-order valence-electron chi connectivity index (χ3n) is 3.64. The molecular formula is C17H21N3O2. The van der Waals surface area contributed by atoms with Gasteiger partial charge in [-0.2, -0.15) is 10.4 Å². The van der Waals surface area contributed by atoms with Gasteiger partial charge in [0, 0.05) is 5.71 Å². The van der Waals surface area contributed by atoms with Crippen LogP contribution in [0.5, 0.6) is 5.75 Å². The molecule has 2 rings (SSSR count). The maximum atomic E-state index is 11.8. The van der Waals surface area contributed by atoms with Crippen LogP contribution in [0.1, 0.15) is 50.5 Å². The molecule has 0 aliphatic heterocycles. The van der Waals surface area contributed by atoms with Crippen LogP contribution in [0.2, 0.25) is 0 Å². The molecule has 0 atom stereocenters. The Balaban J connectivity index is 1.81. The Labute approximate surface area is 131 Å². The van der Waals surface area contributed by atoms with Crippen molar-refractivity contribution in [2.45, 2.75) is 44.9 Å². The molecule has 0 bridgehead atoms. The summed E-state index contributed by atoms with van der Waals surface area (Å²) in [5, 5.41) is 13.2. The van der Waals surface area contributed by atoms with E-state index in [1.807, 2.05) is 6.07 Å². The van der Waals surface area contributed by atoms with Crippen molar-refractivity contribution in [3.63, 3.8) is 0 Å². The van der Waals surface area contributed by atoms with Gasteiger partial charge in [-0.1, -0.05) is 31.4 Å². The molecule has 116 valence electrons. The van der Waals surface area contributed by atoms with E-state index in [0.717, 1.165) is 31.4 Å². The second-order valence-electron chi connectivity index (χ2n) is 5.38. The fourth-order valence-electron chi connectivity index (χ4n) is 2.43. The number of carbonyl (C=O) groups is 1. The number of ether oxygens (including phenoxy) is 1. The molecule has 0 heterocycles. The smallest absolute Gasteiger partial charge is 0.277 e. The van der Waals surface area contributed by atoms with Crippen LogP contribution in [-0.4, -0.2) is 18.2 Å². The lowest BCUT2D eigenvalue weighted by Gasteiger charge is -2.11. The van der Waals surface area contributed by atoms with E-state index in [1.165, 1.54) is 19.3 Å². The second kappa shape index (κ2) is 8.83. The molecule has 0 radical (unpaired) electrons. The summed E-state index contributed by atoms with van der Waals surface area (Å²) in [5.74, 6) is 0.112. The van der Waals surface area contributed by atoms with Gasteiger partial charge in [0.15, 0.2) is 6.61 Å². The van der Waals surface area contributed by atoms with Crippen molar-refractivity contribution in [3.05, 3.63) is 29.8 Å². The molecule has 22 heavy (non-hydrogen) atoms. The number of hydrogen-bond acceptors (Lipinski definition) is 4. The van der Waals surface area contributed by atoms with Gasteiger partial charge in [0.25, 0.3) is 5.91 Å². The normalized spacial score (nSPS) is 15.1. The maximum Gasteiger partial charge on any atom is 0.277 e. The molecule has 0 spiro atoms. The quantitative estimate of drug-likeness (QED) is 0.868. The average Bonchev–Trinajstić information content (AvgIpc) is 2.52. The molecule has 1 aliphatic carbocycles. The van der Waals surface area contributed by atoms with Crippen LogP contribution in [0, 0.1) is 11.3 Å². The summed E-state index contributed by atoms with van der Waals surface area (Å²) in [6, 6.07) is 8.88. The highest BCUT2D eigenvalue weighted by Gasteiger charge is 2.08. The van der Waals surface area contributed by atoms with E-state index < -0.39 is 0 Å². The molecule has 1 aromatic rings. The molecule has 1 amide bonds. The molecule has 0 aromatic heterocycles. The standard InChI is InChI=1S/C17H21N3O2/c18-12-14-8-6-7-11-16(14)22-13-17(21)20-19-15-9-4-2-1-3-5-10-15/h6-8,11H,1-5,9-10,13H2,(H,20,21). The van der Waals surface area contributed by atoms with Gasteiger partial charge in [0.1, 0.15) is 11.8 Å². The summed E-state index contributed by atoms with van der Waals surface area (Å²) in [5.41, 5.74) is 4.03. The van der Waals surface area contributed by atoms with E-state index in [4.69, 9.17) is 10.00 Å². The highest BCUT2D eigenvalue weighted by molar-refractivity contribution is 5.86. The minimum Gasteiger partial charge on any atom is -0.482 e. The number of carbonyl (C=O) groups excluding carboxylic acids is 1. The van der Waals surface area contributed by atoms with E-state index in [2.05, 4.69) is 10.5 Å². The summed E-state index contributed by atoms with van der Waals surface area (Å²) in [6.07, 6.45) is 7.96. The Morgan fingerprint density at radius 3 is 2.59 bits per heavy atom. The molecule has 1 N–H and O–H groups in total. The zero-order chi connectivity index (χ0) is 15.6. The largest absolute Gasteiger partial charge is 0.482 e. The number of hydrazone groups is 1. The SMILES string of the molecule is N#Cc1ccccc1OCC(=O)NN=C1CCCCCCC1. The molecule has 1 fully saturated rings. The summed E-state index contributed by atoms with van der Waals surface area (Å²) in [6.45, 7) is -0.143. The third-order valence-corrected chi connectivity index (χ3v) is 3.64. The van der Waals surface area contributed by atoms with E-state index in [-0.39, 0.29) is 12.5 Å².